The molecule has 0 radical (unpaired) electrons. The molecule has 2 aromatic heterocycles. The van der Waals surface area contributed by atoms with E-state index in [1.807, 2.05) is 35.7 Å². The van der Waals surface area contributed by atoms with Crippen LogP contribution >= 0.6 is 0 Å². The van der Waals surface area contributed by atoms with Crippen LogP contribution in [0, 0.1) is 17.2 Å². The average molecular weight is 366 g/mol. The minimum atomic E-state index is -0.706. The Labute approximate surface area is 159 Å². The van der Waals surface area contributed by atoms with E-state index in [1.54, 1.807) is 0 Å². The molecule has 1 unspecified atom stereocenters. The van der Waals surface area contributed by atoms with Crippen molar-refractivity contribution in [2.75, 3.05) is 32.7 Å². The third kappa shape index (κ3) is 4.12. The first kappa shape index (κ1) is 18.0. The van der Waals surface area contributed by atoms with Crippen molar-refractivity contribution in [1.29, 1.82) is 5.26 Å². The first-order valence-electron chi connectivity index (χ1n) is 9.65. The zero-order valence-electron chi connectivity index (χ0n) is 15.8. The number of amides is 1. The fourth-order valence-corrected chi connectivity index (χ4v) is 3.81. The quantitative estimate of drug-likeness (QED) is 0.833. The van der Waals surface area contributed by atoms with E-state index in [0.29, 0.717) is 12.5 Å². The van der Waals surface area contributed by atoms with E-state index in [4.69, 9.17) is 0 Å². The van der Waals surface area contributed by atoms with Gasteiger partial charge in [-0.05, 0) is 37.8 Å². The van der Waals surface area contributed by atoms with Crippen LogP contribution in [0.5, 0.6) is 0 Å². The van der Waals surface area contributed by atoms with Gasteiger partial charge in [-0.15, -0.1) is 0 Å². The van der Waals surface area contributed by atoms with E-state index in [1.165, 1.54) is 0 Å². The predicted molar refractivity (Wildman–Crippen MR) is 102 cm³/mol. The highest BCUT2D eigenvalue weighted by Gasteiger charge is 2.43. The van der Waals surface area contributed by atoms with Crippen molar-refractivity contribution in [3.63, 3.8) is 0 Å². The number of imidazole rings is 1. The summed E-state index contributed by atoms with van der Waals surface area (Å²) in [5, 5.41) is 12.3. The lowest BCUT2D eigenvalue weighted by Gasteiger charge is -2.34. The Morgan fingerprint density at radius 2 is 2.04 bits per heavy atom. The number of aromatic nitrogens is 2. The first-order valence-corrected chi connectivity index (χ1v) is 9.65. The molecule has 0 bridgehead atoms. The third-order valence-electron chi connectivity index (χ3n) is 5.66. The van der Waals surface area contributed by atoms with Gasteiger partial charge in [0.25, 0.3) is 0 Å². The molecule has 0 spiro atoms. The van der Waals surface area contributed by atoms with E-state index < -0.39 is 5.54 Å². The van der Waals surface area contributed by atoms with E-state index in [9.17, 15) is 10.1 Å². The summed E-state index contributed by atoms with van der Waals surface area (Å²) in [6, 6.07) is 8.30. The van der Waals surface area contributed by atoms with Gasteiger partial charge in [-0.1, -0.05) is 6.07 Å². The molecular formula is C20H26N6O. The van der Waals surface area contributed by atoms with Crippen molar-refractivity contribution < 1.29 is 4.79 Å². The van der Waals surface area contributed by atoms with Crippen molar-refractivity contribution >= 4 is 11.6 Å². The number of carbonyl (C=O) groups excluding carboxylic acids is 1. The highest BCUT2D eigenvalue weighted by molar-refractivity contribution is 5.79. The number of rotatable bonds is 6. The molecule has 7 nitrogen and oxygen atoms in total. The molecule has 1 amide bonds. The maximum absolute atomic E-state index is 12.4. The molecule has 3 heterocycles. The van der Waals surface area contributed by atoms with Crippen LogP contribution < -0.4 is 5.32 Å². The second kappa shape index (κ2) is 7.29. The molecule has 2 aliphatic rings. The van der Waals surface area contributed by atoms with Crippen LogP contribution in [-0.4, -0.2) is 63.4 Å². The Balaban J connectivity index is 1.25. The summed E-state index contributed by atoms with van der Waals surface area (Å²) in [4.78, 5) is 21.6. The number of carbonyl (C=O) groups is 1. The van der Waals surface area contributed by atoms with Crippen molar-refractivity contribution in [3.05, 3.63) is 36.3 Å². The number of nitrogens with one attached hydrogen (secondary N) is 1. The molecule has 1 saturated heterocycles. The smallest absolute Gasteiger partial charge is 0.235 e. The van der Waals surface area contributed by atoms with Crippen molar-refractivity contribution in [2.24, 2.45) is 5.92 Å². The molecule has 7 heteroatoms. The SMILES string of the molecule is CC(C#N)(NC(=O)CN1CCN(Cc2cn3ccccc3n2)CC1)C1CC1. The molecule has 1 atom stereocenters. The summed E-state index contributed by atoms with van der Waals surface area (Å²) in [5.74, 6) is 0.272. The van der Waals surface area contributed by atoms with Gasteiger partial charge < -0.3 is 9.72 Å². The zero-order chi connectivity index (χ0) is 18.9. The van der Waals surface area contributed by atoms with Gasteiger partial charge in [-0.25, -0.2) is 4.98 Å². The lowest BCUT2D eigenvalue weighted by Crippen LogP contribution is -2.53. The highest BCUT2D eigenvalue weighted by Crippen LogP contribution is 2.39. The Bertz CT molecular complexity index is 826. The third-order valence-corrected chi connectivity index (χ3v) is 5.66. The summed E-state index contributed by atoms with van der Waals surface area (Å²) in [7, 11) is 0. The van der Waals surface area contributed by atoms with Gasteiger partial charge in [0, 0.05) is 45.1 Å². The Morgan fingerprint density at radius 1 is 1.30 bits per heavy atom. The van der Waals surface area contributed by atoms with Crippen LogP contribution in [-0.2, 0) is 11.3 Å². The minimum Gasteiger partial charge on any atom is -0.337 e. The molecule has 1 aliphatic heterocycles. The van der Waals surface area contributed by atoms with Crippen molar-refractivity contribution in [2.45, 2.75) is 31.8 Å². The Hall–Kier alpha value is -2.43. The number of nitriles is 1. The summed E-state index contributed by atoms with van der Waals surface area (Å²) >= 11 is 0. The van der Waals surface area contributed by atoms with Gasteiger partial charge in [0.1, 0.15) is 11.2 Å². The molecule has 1 N–H and O–H groups in total. The maximum atomic E-state index is 12.4. The molecular weight excluding hydrogens is 340 g/mol. The van der Waals surface area contributed by atoms with E-state index >= 15 is 0 Å². The maximum Gasteiger partial charge on any atom is 0.235 e. The number of hydrogen-bond donors (Lipinski definition) is 1. The summed E-state index contributed by atoms with van der Waals surface area (Å²) in [6.45, 7) is 6.58. The molecule has 2 aromatic rings. The van der Waals surface area contributed by atoms with Gasteiger partial charge in [0.15, 0.2) is 0 Å². The summed E-state index contributed by atoms with van der Waals surface area (Å²) < 4.78 is 2.04. The van der Waals surface area contributed by atoms with Crippen LogP contribution in [0.15, 0.2) is 30.6 Å². The fraction of sp³-hybridized carbons (Fsp3) is 0.550. The monoisotopic (exact) mass is 366 g/mol. The molecule has 1 aliphatic carbocycles. The van der Waals surface area contributed by atoms with Crippen molar-refractivity contribution in [3.8, 4) is 6.07 Å². The fourth-order valence-electron chi connectivity index (χ4n) is 3.81. The van der Waals surface area contributed by atoms with Crippen LogP contribution in [0.2, 0.25) is 0 Å². The zero-order valence-corrected chi connectivity index (χ0v) is 15.8. The van der Waals surface area contributed by atoms with Crippen LogP contribution in [0.3, 0.4) is 0 Å². The average Bonchev–Trinajstić information content (AvgIpc) is 3.44. The second-order valence-corrected chi connectivity index (χ2v) is 7.89. The minimum absolute atomic E-state index is 0.0419. The van der Waals surface area contributed by atoms with Gasteiger partial charge in [-0.3, -0.25) is 14.6 Å². The molecule has 4 rings (SSSR count). The van der Waals surface area contributed by atoms with Gasteiger partial charge in [0.2, 0.25) is 5.91 Å². The summed E-state index contributed by atoms with van der Waals surface area (Å²) in [5.41, 5.74) is 1.34. The molecule has 0 aromatic carbocycles. The van der Waals surface area contributed by atoms with Crippen LogP contribution in [0.25, 0.3) is 5.65 Å². The van der Waals surface area contributed by atoms with Crippen molar-refractivity contribution in [1.82, 2.24) is 24.5 Å². The predicted octanol–water partition coefficient (Wildman–Crippen LogP) is 1.26. The standard InChI is InChI=1S/C20H26N6O/c1-20(15-21,16-5-6-16)23-19(27)14-25-10-8-24(9-11-25)12-17-13-26-7-3-2-4-18(26)22-17/h2-4,7,13,16H,5-6,8-12,14H2,1H3,(H,23,27). The number of nitrogens with zero attached hydrogens (tertiary/aromatic N) is 5. The van der Waals surface area contributed by atoms with Gasteiger partial charge in [0.05, 0.1) is 18.3 Å². The second-order valence-electron chi connectivity index (χ2n) is 7.89. The number of hydrogen-bond acceptors (Lipinski definition) is 5. The highest BCUT2D eigenvalue weighted by atomic mass is 16.2. The lowest BCUT2D eigenvalue weighted by atomic mass is 9.98. The Kier molecular flexibility index (Phi) is 4.85. The first-order chi connectivity index (χ1) is 13.1. The van der Waals surface area contributed by atoms with E-state index in [2.05, 4.69) is 32.4 Å². The number of piperazine rings is 1. The van der Waals surface area contributed by atoms with Gasteiger partial charge in [-0.2, -0.15) is 5.26 Å². The molecule has 142 valence electrons. The normalized spacial score (nSPS) is 20.9. The number of fused-ring (bicyclic) bond motifs is 1. The van der Waals surface area contributed by atoms with E-state index in [0.717, 1.165) is 56.9 Å². The number of pyridine rings is 1. The molecule has 27 heavy (non-hydrogen) atoms. The van der Waals surface area contributed by atoms with Crippen LogP contribution in [0.1, 0.15) is 25.5 Å². The topological polar surface area (TPSA) is 76.7 Å². The Morgan fingerprint density at radius 3 is 2.70 bits per heavy atom. The molecule has 2 fully saturated rings. The largest absolute Gasteiger partial charge is 0.337 e. The molecule has 1 saturated carbocycles. The van der Waals surface area contributed by atoms with Gasteiger partial charge >= 0.3 is 0 Å². The summed E-state index contributed by atoms with van der Waals surface area (Å²) in [6.07, 6.45) is 6.16. The van der Waals surface area contributed by atoms with E-state index in [-0.39, 0.29) is 5.91 Å². The lowest BCUT2D eigenvalue weighted by molar-refractivity contribution is -0.124. The van der Waals surface area contributed by atoms with Crippen LogP contribution in [0.4, 0.5) is 0 Å².